The molecule has 1 heterocycles. The van der Waals surface area contributed by atoms with E-state index in [0.717, 1.165) is 19.6 Å². The van der Waals surface area contributed by atoms with Gasteiger partial charge in [-0.2, -0.15) is 0 Å². The van der Waals surface area contributed by atoms with Crippen molar-refractivity contribution in [1.82, 2.24) is 5.32 Å². The summed E-state index contributed by atoms with van der Waals surface area (Å²) in [5.74, 6) is 0.706. The van der Waals surface area contributed by atoms with Crippen LogP contribution in [0.4, 0.5) is 5.69 Å². The molecule has 2 nitrogen and oxygen atoms in total. The highest BCUT2D eigenvalue weighted by molar-refractivity contribution is 9.10. The van der Waals surface area contributed by atoms with Crippen molar-refractivity contribution in [2.75, 3.05) is 24.5 Å². The maximum Gasteiger partial charge on any atom is 0.0407 e. The van der Waals surface area contributed by atoms with E-state index in [0.29, 0.717) is 12.0 Å². The number of rotatable bonds is 3. The summed E-state index contributed by atoms with van der Waals surface area (Å²) >= 11 is 3.63. The summed E-state index contributed by atoms with van der Waals surface area (Å²) in [6, 6.07) is 7.17. The molecule has 0 saturated carbocycles. The Hall–Kier alpha value is -0.540. The third-order valence-electron chi connectivity index (χ3n) is 3.95. The Morgan fingerprint density at radius 2 is 2.22 bits per heavy atom. The maximum absolute atomic E-state index is 3.63. The summed E-state index contributed by atoms with van der Waals surface area (Å²) in [5.41, 5.74) is 2.73. The molecule has 1 aromatic rings. The highest BCUT2D eigenvalue weighted by Crippen LogP contribution is 2.30. The lowest BCUT2D eigenvalue weighted by Crippen LogP contribution is -2.48. The second-order valence-corrected chi connectivity index (χ2v) is 6.11. The van der Waals surface area contributed by atoms with Crippen molar-refractivity contribution in [1.29, 1.82) is 0 Å². The molecule has 0 aliphatic carbocycles. The molecule has 0 radical (unpaired) electrons. The van der Waals surface area contributed by atoms with Crippen LogP contribution in [0.15, 0.2) is 22.7 Å². The zero-order valence-corrected chi connectivity index (χ0v) is 13.1. The van der Waals surface area contributed by atoms with E-state index in [9.17, 15) is 0 Å². The van der Waals surface area contributed by atoms with Crippen LogP contribution >= 0.6 is 15.9 Å². The van der Waals surface area contributed by atoms with Crippen LogP contribution in [-0.4, -0.2) is 25.7 Å². The van der Waals surface area contributed by atoms with Gasteiger partial charge in [0, 0.05) is 29.3 Å². The molecule has 0 amide bonds. The number of hydrogen-bond acceptors (Lipinski definition) is 2. The lowest BCUT2D eigenvalue weighted by Gasteiger charge is -2.39. The molecule has 2 unspecified atom stereocenters. The van der Waals surface area contributed by atoms with Crippen molar-refractivity contribution in [3.8, 4) is 0 Å². The number of benzene rings is 1. The van der Waals surface area contributed by atoms with Gasteiger partial charge in [0.15, 0.2) is 0 Å². The topological polar surface area (TPSA) is 15.3 Å². The maximum atomic E-state index is 3.63. The Bertz CT molecular complexity index is 405. The van der Waals surface area contributed by atoms with Gasteiger partial charge in [-0.05, 0) is 43.5 Å². The first-order valence-electron chi connectivity index (χ1n) is 6.87. The second-order valence-electron chi connectivity index (χ2n) is 5.26. The lowest BCUT2D eigenvalue weighted by molar-refractivity contribution is 0.326. The molecular formula is C15H23BrN2. The van der Waals surface area contributed by atoms with Crippen LogP contribution in [0.2, 0.25) is 0 Å². The zero-order chi connectivity index (χ0) is 13.1. The van der Waals surface area contributed by atoms with Gasteiger partial charge in [0.1, 0.15) is 0 Å². The molecule has 3 heteroatoms. The molecule has 1 aromatic carbocycles. The molecule has 1 aliphatic rings. The number of piperidine rings is 1. The smallest absolute Gasteiger partial charge is 0.0407 e. The molecule has 0 bridgehead atoms. The van der Waals surface area contributed by atoms with Crippen LogP contribution in [0.3, 0.4) is 0 Å². The number of nitrogens with one attached hydrogen (secondary N) is 1. The molecule has 1 saturated heterocycles. The molecule has 1 aliphatic heterocycles. The Balaban J connectivity index is 2.10. The van der Waals surface area contributed by atoms with Gasteiger partial charge >= 0.3 is 0 Å². The van der Waals surface area contributed by atoms with Crippen molar-refractivity contribution in [2.45, 2.75) is 33.2 Å². The normalized spacial score (nSPS) is 24.3. The first-order valence-corrected chi connectivity index (χ1v) is 7.66. The Labute approximate surface area is 119 Å². The first kappa shape index (κ1) is 13.9. The van der Waals surface area contributed by atoms with Crippen LogP contribution in [0.1, 0.15) is 25.8 Å². The minimum atomic E-state index is 0.679. The summed E-state index contributed by atoms with van der Waals surface area (Å²) in [7, 11) is 0. The third kappa shape index (κ3) is 2.89. The van der Waals surface area contributed by atoms with Gasteiger partial charge in [0.05, 0.1) is 0 Å². The van der Waals surface area contributed by atoms with Gasteiger partial charge in [0.2, 0.25) is 0 Å². The van der Waals surface area contributed by atoms with Crippen molar-refractivity contribution >= 4 is 21.6 Å². The number of nitrogens with zero attached hydrogens (tertiary/aromatic N) is 1. The fourth-order valence-electron chi connectivity index (χ4n) is 2.87. The predicted molar refractivity (Wildman–Crippen MR) is 82.3 cm³/mol. The standard InChI is InChI=1S/C15H23BrN2/c1-4-17-14-8-9-18(10-11(14)2)15-7-5-6-13(16)12(15)3/h5-7,11,14,17H,4,8-10H2,1-3H3. The van der Waals surface area contributed by atoms with Crippen LogP contribution in [0.25, 0.3) is 0 Å². The van der Waals surface area contributed by atoms with Gasteiger partial charge in [0.25, 0.3) is 0 Å². The van der Waals surface area contributed by atoms with Gasteiger partial charge in [-0.1, -0.05) is 35.8 Å². The molecule has 0 aromatic heterocycles. The number of hydrogen-bond donors (Lipinski definition) is 1. The van der Waals surface area contributed by atoms with E-state index in [-0.39, 0.29) is 0 Å². The molecule has 0 spiro atoms. The third-order valence-corrected chi connectivity index (χ3v) is 4.81. The van der Waals surface area contributed by atoms with Gasteiger partial charge in [-0.15, -0.1) is 0 Å². The van der Waals surface area contributed by atoms with E-state index in [2.05, 4.69) is 65.1 Å². The summed E-state index contributed by atoms with van der Waals surface area (Å²) in [6.45, 7) is 10.1. The summed E-state index contributed by atoms with van der Waals surface area (Å²) < 4.78 is 1.21. The molecule has 2 atom stereocenters. The van der Waals surface area contributed by atoms with Crippen molar-refractivity contribution < 1.29 is 0 Å². The van der Waals surface area contributed by atoms with E-state index >= 15 is 0 Å². The minimum Gasteiger partial charge on any atom is -0.371 e. The number of halogens is 1. The quantitative estimate of drug-likeness (QED) is 0.918. The molecular weight excluding hydrogens is 288 g/mol. The van der Waals surface area contributed by atoms with E-state index in [1.54, 1.807) is 0 Å². The molecule has 100 valence electrons. The highest BCUT2D eigenvalue weighted by atomic mass is 79.9. The Morgan fingerprint density at radius 1 is 1.44 bits per heavy atom. The summed E-state index contributed by atoms with van der Waals surface area (Å²) in [6.07, 6.45) is 1.24. The van der Waals surface area contributed by atoms with Crippen molar-refractivity contribution in [2.24, 2.45) is 5.92 Å². The monoisotopic (exact) mass is 310 g/mol. The Morgan fingerprint density at radius 3 is 2.89 bits per heavy atom. The molecule has 18 heavy (non-hydrogen) atoms. The van der Waals surface area contributed by atoms with Gasteiger partial charge in [-0.3, -0.25) is 0 Å². The first-order chi connectivity index (χ1) is 8.63. The van der Waals surface area contributed by atoms with Gasteiger partial charge in [-0.25, -0.2) is 0 Å². The van der Waals surface area contributed by atoms with Gasteiger partial charge < -0.3 is 10.2 Å². The van der Waals surface area contributed by atoms with Crippen molar-refractivity contribution in [3.63, 3.8) is 0 Å². The highest BCUT2D eigenvalue weighted by Gasteiger charge is 2.26. The summed E-state index contributed by atoms with van der Waals surface area (Å²) in [5, 5.41) is 3.60. The Kier molecular flexibility index (Phi) is 4.68. The molecule has 1 fully saturated rings. The molecule has 2 rings (SSSR count). The lowest BCUT2D eigenvalue weighted by atomic mass is 9.93. The zero-order valence-electron chi connectivity index (χ0n) is 11.5. The minimum absolute atomic E-state index is 0.679. The van der Waals surface area contributed by atoms with Crippen molar-refractivity contribution in [3.05, 3.63) is 28.2 Å². The fraction of sp³-hybridized carbons (Fsp3) is 0.600. The number of anilines is 1. The van der Waals surface area contributed by atoms with Crippen LogP contribution in [0, 0.1) is 12.8 Å². The van der Waals surface area contributed by atoms with E-state index < -0.39 is 0 Å². The summed E-state index contributed by atoms with van der Waals surface area (Å²) in [4.78, 5) is 2.53. The van der Waals surface area contributed by atoms with E-state index in [1.807, 2.05) is 0 Å². The largest absolute Gasteiger partial charge is 0.371 e. The SMILES string of the molecule is CCNC1CCN(c2cccc(Br)c2C)CC1C. The van der Waals surface area contributed by atoms with Crippen LogP contribution in [-0.2, 0) is 0 Å². The van der Waals surface area contributed by atoms with Crippen LogP contribution < -0.4 is 10.2 Å². The predicted octanol–water partition coefficient (Wildman–Crippen LogP) is 3.58. The second kappa shape index (κ2) is 6.07. The average Bonchev–Trinajstić information content (AvgIpc) is 2.35. The molecule has 1 N–H and O–H groups in total. The van der Waals surface area contributed by atoms with E-state index in [1.165, 1.54) is 22.1 Å². The van der Waals surface area contributed by atoms with Crippen LogP contribution in [0.5, 0.6) is 0 Å². The fourth-order valence-corrected chi connectivity index (χ4v) is 3.22. The van der Waals surface area contributed by atoms with E-state index in [4.69, 9.17) is 0 Å². The average molecular weight is 311 g/mol.